The number of ether oxygens (including phenoxy) is 2. The zero-order valence-electron chi connectivity index (χ0n) is 31.7. The van der Waals surface area contributed by atoms with E-state index < -0.39 is 11.4 Å². The molecule has 2 bridgehead atoms. The second-order valence-electron chi connectivity index (χ2n) is 15.9. The average molecular weight is 780 g/mol. The van der Waals surface area contributed by atoms with E-state index in [0.29, 0.717) is 64.4 Å². The summed E-state index contributed by atoms with van der Waals surface area (Å²) in [6.45, 7) is 7.29. The number of rotatable bonds is 8. The van der Waals surface area contributed by atoms with Gasteiger partial charge < -0.3 is 19.7 Å². The van der Waals surface area contributed by atoms with Crippen LogP contribution in [0.5, 0.6) is 6.01 Å². The minimum absolute atomic E-state index is 0.0116. The highest BCUT2D eigenvalue weighted by molar-refractivity contribution is 6.36. The largest absolute Gasteiger partial charge is 0.462 e. The molecule has 3 fully saturated rings. The molecular formula is C42H43ClFN7O5. The van der Waals surface area contributed by atoms with Gasteiger partial charge in [-0.3, -0.25) is 24.4 Å². The van der Waals surface area contributed by atoms with E-state index >= 15 is 4.39 Å². The number of likely N-dealkylation sites (N-methyl/N-ethyl adjacent to an activating group) is 1. The first kappa shape index (κ1) is 37.5. The predicted octanol–water partition coefficient (Wildman–Crippen LogP) is 6.92. The number of amides is 2. The maximum absolute atomic E-state index is 17.0. The second kappa shape index (κ2) is 14.9. The van der Waals surface area contributed by atoms with Gasteiger partial charge in [0.1, 0.15) is 35.5 Å². The Morgan fingerprint density at radius 2 is 1.71 bits per heavy atom. The summed E-state index contributed by atoms with van der Waals surface area (Å²) in [4.78, 5) is 57.5. The summed E-state index contributed by atoms with van der Waals surface area (Å²) in [6.07, 6.45) is 4.23. The van der Waals surface area contributed by atoms with Crippen LogP contribution in [0.3, 0.4) is 0 Å². The number of hydrogen-bond acceptors (Lipinski definition) is 10. The van der Waals surface area contributed by atoms with Crippen LogP contribution in [-0.2, 0) is 4.74 Å². The van der Waals surface area contributed by atoms with E-state index in [0.717, 1.165) is 24.5 Å². The highest BCUT2D eigenvalue weighted by Crippen LogP contribution is 2.40. The zero-order chi connectivity index (χ0) is 39.3. The van der Waals surface area contributed by atoms with Gasteiger partial charge in [0.25, 0.3) is 5.91 Å². The molecule has 2 unspecified atom stereocenters. The molecule has 2 aromatic heterocycles. The van der Waals surface area contributed by atoms with Crippen molar-refractivity contribution in [1.29, 1.82) is 0 Å². The monoisotopic (exact) mass is 779 g/mol. The Kier molecular flexibility index (Phi) is 10.00. The van der Waals surface area contributed by atoms with Crippen LogP contribution in [0.4, 0.5) is 15.0 Å². The van der Waals surface area contributed by atoms with E-state index in [4.69, 9.17) is 26.1 Å². The van der Waals surface area contributed by atoms with Crippen LogP contribution in [0, 0.1) is 5.82 Å². The molecule has 3 aromatic carbocycles. The fourth-order valence-electron chi connectivity index (χ4n) is 8.23. The first-order valence-electron chi connectivity index (χ1n) is 18.9. The molecule has 0 aliphatic carbocycles. The van der Waals surface area contributed by atoms with Gasteiger partial charge >= 0.3 is 12.1 Å². The summed E-state index contributed by atoms with van der Waals surface area (Å²) in [6, 6.07) is 17.1. The Morgan fingerprint density at radius 1 is 1.00 bits per heavy atom. The molecule has 5 heterocycles. The lowest BCUT2D eigenvalue weighted by molar-refractivity contribution is 0.0122. The SMILES string of the molecule is CN1C[C@H](NC(=O)c2ccc(C=O)cc2)C[C@H]1COc1nc(N2CC3CCC(C2)N3C(=O)OC(C)(C)C)c2cnc(-c3cccc4cccc(Cl)c34)c(F)c2n1. The molecule has 3 aliphatic heterocycles. The molecule has 4 atom stereocenters. The fraction of sp³-hybridized carbons (Fsp3) is 0.381. The molecule has 1 N–H and O–H groups in total. The van der Waals surface area contributed by atoms with Crippen LogP contribution in [0.1, 0.15) is 60.7 Å². The van der Waals surface area contributed by atoms with Crippen LogP contribution in [-0.4, -0.2) is 106 Å². The molecule has 0 spiro atoms. The number of nitrogens with zero attached hydrogens (tertiary/aromatic N) is 6. The van der Waals surface area contributed by atoms with Gasteiger partial charge in [0.2, 0.25) is 0 Å². The summed E-state index contributed by atoms with van der Waals surface area (Å²) in [5.74, 6) is -0.371. The molecule has 290 valence electrons. The number of carbonyl (C=O) groups excluding carboxylic acids is 3. The summed E-state index contributed by atoms with van der Waals surface area (Å²) >= 11 is 6.65. The number of aromatic nitrogens is 3. The van der Waals surface area contributed by atoms with Gasteiger partial charge in [0.05, 0.1) is 17.5 Å². The van der Waals surface area contributed by atoms with Crippen LogP contribution in [0.15, 0.2) is 66.9 Å². The maximum Gasteiger partial charge on any atom is 0.410 e. The number of carbonyl (C=O) groups is 3. The van der Waals surface area contributed by atoms with Crippen LogP contribution in [0.2, 0.25) is 5.02 Å². The first-order chi connectivity index (χ1) is 26.9. The molecule has 3 saturated heterocycles. The number of anilines is 1. The van der Waals surface area contributed by atoms with Gasteiger partial charge in [0, 0.05) is 65.0 Å². The van der Waals surface area contributed by atoms with E-state index in [9.17, 15) is 14.4 Å². The number of aldehydes is 1. The molecule has 56 heavy (non-hydrogen) atoms. The van der Waals surface area contributed by atoms with Crippen molar-refractivity contribution < 1.29 is 28.2 Å². The number of nitrogens with one attached hydrogen (secondary N) is 1. The van der Waals surface area contributed by atoms with Crippen molar-refractivity contribution in [2.75, 3.05) is 38.2 Å². The standard InChI is InChI=1S/C42H43ClFN7O5/c1-42(2,3)56-41(54)51-28-15-16-29(51)21-50(20-28)38-32-18-45-36(31-9-5-7-25-8-6-10-33(43)34(25)31)35(44)37(32)47-40(48-38)55-23-30-17-27(19-49(30)4)46-39(53)26-13-11-24(22-52)12-14-26/h5-14,18,22,27-30H,15-17,19-21,23H2,1-4H3,(H,46,53)/t27-,28?,29?,30+/m1/s1. The van der Waals surface area contributed by atoms with Gasteiger partial charge in [-0.25, -0.2) is 9.18 Å². The Labute approximate surface area is 328 Å². The van der Waals surface area contributed by atoms with Crippen LogP contribution < -0.4 is 15.0 Å². The van der Waals surface area contributed by atoms with Gasteiger partial charge in [-0.1, -0.05) is 54.1 Å². The third-order valence-electron chi connectivity index (χ3n) is 10.9. The van der Waals surface area contributed by atoms with Crippen molar-refractivity contribution >= 4 is 57.4 Å². The van der Waals surface area contributed by atoms with Crippen molar-refractivity contribution in [1.82, 2.24) is 30.1 Å². The van der Waals surface area contributed by atoms with Crippen molar-refractivity contribution in [3.05, 3.63) is 88.8 Å². The predicted molar refractivity (Wildman–Crippen MR) is 212 cm³/mol. The zero-order valence-corrected chi connectivity index (χ0v) is 32.4. The lowest BCUT2D eigenvalue weighted by atomic mass is 10.0. The molecule has 5 aromatic rings. The van der Waals surface area contributed by atoms with E-state index in [1.54, 1.807) is 42.6 Å². The summed E-state index contributed by atoms with van der Waals surface area (Å²) in [5, 5.41) is 5.54. The van der Waals surface area contributed by atoms with Gasteiger partial charge in [0.15, 0.2) is 5.82 Å². The molecule has 12 nitrogen and oxygen atoms in total. The molecule has 3 aliphatic rings. The normalized spacial score (nSPS) is 21.1. The van der Waals surface area contributed by atoms with Gasteiger partial charge in [-0.2, -0.15) is 9.97 Å². The number of piperazine rings is 1. The molecular weight excluding hydrogens is 737 g/mol. The average Bonchev–Trinajstić information content (AvgIpc) is 3.66. The third kappa shape index (κ3) is 7.33. The number of hydrogen-bond donors (Lipinski definition) is 1. The van der Waals surface area contributed by atoms with Gasteiger partial charge in [-0.15, -0.1) is 0 Å². The van der Waals surface area contributed by atoms with Crippen molar-refractivity contribution in [3.63, 3.8) is 0 Å². The Balaban J connectivity index is 1.09. The maximum atomic E-state index is 17.0. The van der Waals surface area contributed by atoms with E-state index in [1.807, 2.05) is 57.0 Å². The minimum Gasteiger partial charge on any atom is -0.462 e. The number of pyridine rings is 1. The Morgan fingerprint density at radius 3 is 2.41 bits per heavy atom. The number of benzene rings is 3. The third-order valence-corrected chi connectivity index (χ3v) is 11.2. The molecule has 2 amide bonds. The van der Waals surface area contributed by atoms with Crippen molar-refractivity contribution in [2.24, 2.45) is 0 Å². The summed E-state index contributed by atoms with van der Waals surface area (Å²) in [7, 11) is 1.96. The Bertz CT molecular complexity index is 2320. The first-order valence-corrected chi connectivity index (χ1v) is 19.2. The molecule has 0 radical (unpaired) electrons. The molecule has 0 saturated carbocycles. The van der Waals surface area contributed by atoms with E-state index in [1.165, 1.54) is 0 Å². The Hall–Kier alpha value is -5.40. The van der Waals surface area contributed by atoms with Crippen molar-refractivity contribution in [2.45, 2.75) is 69.8 Å². The van der Waals surface area contributed by atoms with Crippen molar-refractivity contribution in [3.8, 4) is 17.3 Å². The minimum atomic E-state index is -0.624. The quantitative estimate of drug-likeness (QED) is 0.166. The highest BCUT2D eigenvalue weighted by Gasteiger charge is 2.45. The lowest BCUT2D eigenvalue weighted by Gasteiger charge is -2.42. The smallest absolute Gasteiger partial charge is 0.410 e. The summed E-state index contributed by atoms with van der Waals surface area (Å²) < 4.78 is 29.1. The van der Waals surface area contributed by atoms with E-state index in [2.05, 4.69) is 25.1 Å². The number of fused-ring (bicyclic) bond motifs is 4. The lowest BCUT2D eigenvalue weighted by Crippen LogP contribution is -2.57. The van der Waals surface area contributed by atoms with Crippen LogP contribution >= 0.6 is 11.6 Å². The van der Waals surface area contributed by atoms with Crippen LogP contribution in [0.25, 0.3) is 32.9 Å². The fourth-order valence-corrected chi connectivity index (χ4v) is 8.51. The second-order valence-corrected chi connectivity index (χ2v) is 16.3. The summed E-state index contributed by atoms with van der Waals surface area (Å²) in [5.41, 5.74) is 1.06. The number of likely N-dealkylation sites (tertiary alicyclic amines) is 1. The van der Waals surface area contributed by atoms with Gasteiger partial charge in [-0.05, 0) is 70.7 Å². The molecule has 8 rings (SSSR count). The highest BCUT2D eigenvalue weighted by atomic mass is 35.5. The molecule has 14 heteroatoms. The van der Waals surface area contributed by atoms with E-state index in [-0.39, 0.29) is 60.0 Å². The number of halogens is 2. The topological polar surface area (TPSA) is 130 Å².